The minimum Gasteiger partial charge on any atom is -0.378 e. The summed E-state index contributed by atoms with van der Waals surface area (Å²) in [5, 5.41) is 12.5. The standard InChI is InChI=1S/C23H22N4O4/c1-14-19(12-15-4-8-17(9-5-15)26(2)3)22(28)24-21-20(14)23(29)27(25-21)18-10-6-16(7-11-18)13-31-30/h4-12,25,30H,1,13H2,2-3H3,(H,24,28). The molecular formula is C23H22N4O4. The molecule has 31 heavy (non-hydrogen) atoms. The highest BCUT2D eigenvalue weighted by molar-refractivity contribution is 5.76. The predicted molar refractivity (Wildman–Crippen MR) is 121 cm³/mol. The van der Waals surface area contributed by atoms with E-state index in [9.17, 15) is 9.59 Å². The topological polar surface area (TPSA) is 103 Å². The molecular weight excluding hydrogens is 396 g/mol. The lowest BCUT2D eigenvalue weighted by Crippen LogP contribution is -2.41. The largest absolute Gasteiger partial charge is 0.378 e. The molecule has 0 amide bonds. The van der Waals surface area contributed by atoms with Crippen LogP contribution in [0.3, 0.4) is 0 Å². The number of hydrogen-bond acceptors (Lipinski definition) is 5. The first-order valence-electron chi connectivity index (χ1n) is 9.60. The molecule has 2 aromatic carbocycles. The maximum atomic E-state index is 13.1. The summed E-state index contributed by atoms with van der Waals surface area (Å²) < 4.78 is 1.34. The SMILES string of the molecule is C=c1c(=Cc2ccc(N(C)C)cc2)c(=O)[nH]c2[nH]n(-c3ccc(COO)cc3)c(=O)c12. The van der Waals surface area contributed by atoms with Crippen molar-refractivity contribution in [2.75, 3.05) is 19.0 Å². The molecule has 0 atom stereocenters. The van der Waals surface area contributed by atoms with Crippen molar-refractivity contribution in [3.8, 4) is 5.69 Å². The van der Waals surface area contributed by atoms with Gasteiger partial charge in [-0.1, -0.05) is 30.8 Å². The van der Waals surface area contributed by atoms with Gasteiger partial charge in [-0.25, -0.2) is 9.57 Å². The monoisotopic (exact) mass is 418 g/mol. The Kier molecular flexibility index (Phi) is 5.33. The number of pyridine rings is 1. The number of aromatic nitrogens is 3. The average molecular weight is 418 g/mol. The summed E-state index contributed by atoms with van der Waals surface area (Å²) >= 11 is 0. The molecule has 158 valence electrons. The molecule has 2 aromatic heterocycles. The van der Waals surface area contributed by atoms with Crippen LogP contribution in [0.25, 0.3) is 29.4 Å². The van der Waals surface area contributed by atoms with Crippen LogP contribution in [0.15, 0.2) is 58.1 Å². The zero-order valence-corrected chi connectivity index (χ0v) is 17.2. The van der Waals surface area contributed by atoms with Crippen molar-refractivity contribution in [2.45, 2.75) is 6.61 Å². The summed E-state index contributed by atoms with van der Waals surface area (Å²) in [6, 6.07) is 14.6. The van der Waals surface area contributed by atoms with Crippen LogP contribution >= 0.6 is 0 Å². The minimum absolute atomic E-state index is 0.0486. The van der Waals surface area contributed by atoms with Crippen molar-refractivity contribution >= 4 is 29.4 Å². The lowest BCUT2D eigenvalue weighted by Gasteiger charge is -2.11. The first-order chi connectivity index (χ1) is 14.9. The van der Waals surface area contributed by atoms with Crippen LogP contribution in [0.4, 0.5) is 5.69 Å². The molecule has 0 aliphatic rings. The third-order valence-electron chi connectivity index (χ3n) is 5.15. The Morgan fingerprint density at radius 1 is 1.10 bits per heavy atom. The second-order valence-electron chi connectivity index (χ2n) is 7.42. The van der Waals surface area contributed by atoms with Crippen molar-refractivity contribution < 1.29 is 10.1 Å². The van der Waals surface area contributed by atoms with Crippen molar-refractivity contribution in [1.82, 2.24) is 14.8 Å². The van der Waals surface area contributed by atoms with E-state index < -0.39 is 0 Å². The van der Waals surface area contributed by atoms with E-state index in [0.717, 1.165) is 16.8 Å². The molecule has 0 aliphatic heterocycles. The van der Waals surface area contributed by atoms with Gasteiger partial charge in [0.2, 0.25) is 0 Å². The highest BCUT2D eigenvalue weighted by Crippen LogP contribution is 2.12. The van der Waals surface area contributed by atoms with Gasteiger partial charge in [-0.3, -0.25) is 19.9 Å². The van der Waals surface area contributed by atoms with Crippen LogP contribution in [0, 0.1) is 0 Å². The molecule has 0 saturated heterocycles. The minimum atomic E-state index is -0.335. The Morgan fingerprint density at radius 3 is 2.39 bits per heavy atom. The Bertz CT molecular complexity index is 1460. The number of H-pyrrole nitrogens is 2. The summed E-state index contributed by atoms with van der Waals surface area (Å²) in [5.41, 5.74) is 2.85. The van der Waals surface area contributed by atoms with Crippen molar-refractivity contribution in [3.63, 3.8) is 0 Å². The molecule has 8 nitrogen and oxygen atoms in total. The number of nitrogens with one attached hydrogen (secondary N) is 2. The fourth-order valence-electron chi connectivity index (χ4n) is 3.45. The lowest BCUT2D eigenvalue weighted by molar-refractivity contribution is -0.253. The van der Waals surface area contributed by atoms with Crippen LogP contribution in [0.1, 0.15) is 11.1 Å². The summed E-state index contributed by atoms with van der Waals surface area (Å²) in [4.78, 5) is 34.6. The second-order valence-corrected chi connectivity index (χ2v) is 7.42. The van der Waals surface area contributed by atoms with Crippen molar-refractivity contribution in [3.05, 3.63) is 90.8 Å². The van der Waals surface area contributed by atoms with Gasteiger partial charge in [-0.2, -0.15) is 0 Å². The maximum absolute atomic E-state index is 13.1. The number of nitrogens with zero attached hydrogens (tertiary/aromatic N) is 2. The van der Waals surface area contributed by atoms with Gasteiger partial charge in [-0.15, -0.1) is 0 Å². The molecule has 0 bridgehead atoms. The molecule has 0 fully saturated rings. The molecule has 8 heteroatoms. The van der Waals surface area contributed by atoms with Gasteiger partial charge in [-0.05, 0) is 46.7 Å². The normalized spacial score (nSPS) is 11.9. The molecule has 0 saturated carbocycles. The smallest absolute Gasteiger partial charge is 0.281 e. The summed E-state index contributed by atoms with van der Waals surface area (Å²) in [6.07, 6.45) is 1.72. The van der Waals surface area contributed by atoms with E-state index in [1.165, 1.54) is 4.68 Å². The van der Waals surface area contributed by atoms with E-state index in [0.29, 0.717) is 27.2 Å². The highest BCUT2D eigenvalue weighted by Gasteiger charge is 2.12. The Morgan fingerprint density at radius 2 is 1.77 bits per heavy atom. The molecule has 0 unspecified atom stereocenters. The van der Waals surface area contributed by atoms with Gasteiger partial charge in [0.25, 0.3) is 11.1 Å². The van der Waals surface area contributed by atoms with Crippen LogP contribution in [-0.4, -0.2) is 34.1 Å². The molecule has 2 heterocycles. The Hall–Kier alpha value is -3.88. The zero-order chi connectivity index (χ0) is 22.1. The number of hydrogen-bond donors (Lipinski definition) is 3. The number of aromatic amines is 2. The Labute approximate surface area is 176 Å². The predicted octanol–water partition coefficient (Wildman–Crippen LogP) is 1.30. The zero-order valence-electron chi connectivity index (χ0n) is 17.2. The summed E-state index contributed by atoms with van der Waals surface area (Å²) in [6.45, 7) is 4.07. The van der Waals surface area contributed by atoms with E-state index in [1.807, 2.05) is 43.3 Å². The average Bonchev–Trinajstić information content (AvgIpc) is 3.08. The second kappa shape index (κ2) is 8.10. The van der Waals surface area contributed by atoms with Crippen molar-refractivity contribution in [2.24, 2.45) is 0 Å². The van der Waals surface area contributed by atoms with Gasteiger partial charge in [0.1, 0.15) is 12.3 Å². The fourth-order valence-corrected chi connectivity index (χ4v) is 3.45. The molecule has 4 rings (SSSR count). The van der Waals surface area contributed by atoms with Gasteiger partial charge in [0.05, 0.1) is 11.1 Å². The first-order valence-corrected chi connectivity index (χ1v) is 9.60. The van der Waals surface area contributed by atoms with E-state index >= 15 is 0 Å². The van der Waals surface area contributed by atoms with E-state index in [-0.39, 0.29) is 17.7 Å². The fraction of sp³-hybridized carbons (Fsp3) is 0.130. The van der Waals surface area contributed by atoms with E-state index in [4.69, 9.17) is 5.26 Å². The third-order valence-corrected chi connectivity index (χ3v) is 5.15. The highest BCUT2D eigenvalue weighted by atomic mass is 17.1. The lowest BCUT2D eigenvalue weighted by atomic mass is 10.1. The number of rotatable bonds is 5. The molecule has 4 aromatic rings. The van der Waals surface area contributed by atoms with E-state index in [1.54, 1.807) is 30.3 Å². The van der Waals surface area contributed by atoms with Crippen LogP contribution < -0.4 is 26.5 Å². The third kappa shape index (κ3) is 3.81. The summed E-state index contributed by atoms with van der Waals surface area (Å²) in [5.74, 6) is 0. The van der Waals surface area contributed by atoms with Gasteiger partial charge < -0.3 is 9.88 Å². The van der Waals surface area contributed by atoms with Crippen LogP contribution in [0.5, 0.6) is 0 Å². The molecule has 0 radical (unpaired) electrons. The first kappa shape index (κ1) is 20.4. The molecule has 0 aliphatic carbocycles. The quantitative estimate of drug-likeness (QED) is 0.335. The number of anilines is 1. The number of benzene rings is 2. The molecule has 3 N–H and O–H groups in total. The van der Waals surface area contributed by atoms with E-state index in [2.05, 4.69) is 21.5 Å². The summed E-state index contributed by atoms with van der Waals surface area (Å²) in [7, 11) is 3.91. The molecule has 0 spiro atoms. The number of fused-ring (bicyclic) bond motifs is 1. The van der Waals surface area contributed by atoms with Gasteiger partial charge in [0, 0.05) is 25.0 Å². The maximum Gasteiger partial charge on any atom is 0.281 e. The van der Waals surface area contributed by atoms with Crippen LogP contribution in [0.2, 0.25) is 0 Å². The van der Waals surface area contributed by atoms with Gasteiger partial charge in [0.15, 0.2) is 0 Å². The van der Waals surface area contributed by atoms with Crippen molar-refractivity contribution in [1.29, 1.82) is 0 Å². The Balaban J connectivity index is 1.85. The van der Waals surface area contributed by atoms with Crippen LogP contribution in [-0.2, 0) is 11.5 Å². The van der Waals surface area contributed by atoms with Gasteiger partial charge >= 0.3 is 0 Å².